The van der Waals surface area contributed by atoms with E-state index in [1.165, 1.54) is 11.8 Å². The van der Waals surface area contributed by atoms with E-state index in [2.05, 4.69) is 10.3 Å². The summed E-state index contributed by atoms with van der Waals surface area (Å²) in [5.74, 6) is 0.384. The maximum Gasteiger partial charge on any atom is 0.264 e. The van der Waals surface area contributed by atoms with Crippen molar-refractivity contribution >= 4 is 40.5 Å². The van der Waals surface area contributed by atoms with Crippen molar-refractivity contribution < 1.29 is 19.1 Å². The molecule has 2 saturated heterocycles. The van der Waals surface area contributed by atoms with E-state index in [-0.39, 0.29) is 18.4 Å². The number of carbonyl (C=O) groups excluding carboxylic acids is 2. The van der Waals surface area contributed by atoms with Crippen LogP contribution in [-0.4, -0.2) is 54.8 Å². The molecule has 0 aromatic heterocycles. The molecule has 2 aliphatic heterocycles. The van der Waals surface area contributed by atoms with Gasteiger partial charge in [-0.25, -0.2) is 4.99 Å². The van der Waals surface area contributed by atoms with Crippen LogP contribution in [0, 0.1) is 6.92 Å². The molecule has 160 valence electrons. The van der Waals surface area contributed by atoms with Gasteiger partial charge in [0.2, 0.25) is 0 Å². The lowest BCUT2D eigenvalue weighted by Gasteiger charge is -2.26. The molecule has 0 unspecified atom stereocenters. The van der Waals surface area contributed by atoms with Crippen molar-refractivity contribution in [1.82, 2.24) is 10.2 Å². The van der Waals surface area contributed by atoms with E-state index in [9.17, 15) is 9.59 Å². The van der Waals surface area contributed by atoms with Gasteiger partial charge in [0, 0.05) is 13.1 Å². The second kappa shape index (κ2) is 9.80. The SMILES string of the molecule is Cc1ccc(N=C2NC(=O)/C(=C/c3ccc(OCC(=O)N4CCOCC4)cc3)S2)cc1. The van der Waals surface area contributed by atoms with Crippen molar-refractivity contribution in [1.29, 1.82) is 0 Å². The lowest BCUT2D eigenvalue weighted by molar-refractivity contribution is -0.137. The number of nitrogens with one attached hydrogen (secondary N) is 1. The standard InChI is InChI=1S/C23H23N3O4S/c1-16-2-6-18(7-3-16)24-23-25-22(28)20(31-23)14-17-4-8-19(9-5-17)30-15-21(27)26-10-12-29-13-11-26/h2-9,14H,10-13,15H2,1H3,(H,24,25,28)/b20-14-. The molecule has 0 bridgehead atoms. The van der Waals surface area contributed by atoms with Crippen molar-refractivity contribution in [3.8, 4) is 5.75 Å². The zero-order valence-corrected chi connectivity index (χ0v) is 18.0. The smallest absolute Gasteiger partial charge is 0.264 e. The lowest BCUT2D eigenvalue weighted by atomic mass is 10.2. The van der Waals surface area contributed by atoms with Crippen LogP contribution >= 0.6 is 11.8 Å². The Morgan fingerprint density at radius 3 is 2.58 bits per heavy atom. The van der Waals surface area contributed by atoms with Crippen LogP contribution < -0.4 is 10.1 Å². The number of aliphatic imine (C=N–C) groups is 1. The number of thioether (sulfide) groups is 1. The van der Waals surface area contributed by atoms with E-state index >= 15 is 0 Å². The monoisotopic (exact) mass is 437 g/mol. The Kier molecular flexibility index (Phi) is 6.69. The minimum Gasteiger partial charge on any atom is -0.484 e. The van der Waals surface area contributed by atoms with Gasteiger partial charge in [-0.05, 0) is 54.6 Å². The molecule has 2 aliphatic rings. The number of amides is 2. The first-order valence-corrected chi connectivity index (χ1v) is 10.8. The number of hydrogen-bond donors (Lipinski definition) is 1. The van der Waals surface area contributed by atoms with Crippen molar-refractivity contribution in [3.63, 3.8) is 0 Å². The van der Waals surface area contributed by atoms with Gasteiger partial charge in [-0.15, -0.1) is 0 Å². The third kappa shape index (κ3) is 5.74. The Hall–Kier alpha value is -3.10. The van der Waals surface area contributed by atoms with Gasteiger partial charge in [0.15, 0.2) is 11.8 Å². The van der Waals surface area contributed by atoms with E-state index in [0.29, 0.717) is 42.1 Å². The van der Waals surface area contributed by atoms with Crippen LogP contribution in [0.15, 0.2) is 58.4 Å². The first kappa shape index (κ1) is 21.1. The summed E-state index contributed by atoms with van der Waals surface area (Å²) in [6, 6.07) is 15.1. The summed E-state index contributed by atoms with van der Waals surface area (Å²) >= 11 is 1.31. The van der Waals surface area contributed by atoms with Crippen molar-refractivity contribution in [2.24, 2.45) is 4.99 Å². The summed E-state index contributed by atoms with van der Waals surface area (Å²) < 4.78 is 10.9. The second-order valence-electron chi connectivity index (χ2n) is 7.17. The summed E-state index contributed by atoms with van der Waals surface area (Å²) in [5, 5.41) is 3.35. The molecule has 8 heteroatoms. The minimum absolute atomic E-state index is 0.00245. The number of carbonyl (C=O) groups is 2. The van der Waals surface area contributed by atoms with Gasteiger partial charge in [0.1, 0.15) is 5.75 Å². The molecule has 2 amide bonds. The Balaban J connectivity index is 1.35. The van der Waals surface area contributed by atoms with E-state index < -0.39 is 0 Å². The van der Waals surface area contributed by atoms with E-state index in [1.807, 2.05) is 43.3 Å². The molecule has 0 radical (unpaired) electrons. The number of rotatable bonds is 5. The number of aryl methyl sites for hydroxylation is 1. The van der Waals surface area contributed by atoms with Crippen LogP contribution in [0.3, 0.4) is 0 Å². The Bertz CT molecular complexity index is 1010. The normalized spacial score (nSPS) is 19.0. The lowest BCUT2D eigenvalue weighted by Crippen LogP contribution is -2.42. The minimum atomic E-state index is -0.174. The van der Waals surface area contributed by atoms with Crippen LogP contribution in [-0.2, 0) is 14.3 Å². The predicted molar refractivity (Wildman–Crippen MR) is 121 cm³/mol. The first-order chi connectivity index (χ1) is 15.1. The summed E-state index contributed by atoms with van der Waals surface area (Å²) in [5.41, 5.74) is 2.81. The van der Waals surface area contributed by atoms with Gasteiger partial charge < -0.3 is 19.7 Å². The fraction of sp³-hybridized carbons (Fsp3) is 0.261. The van der Waals surface area contributed by atoms with Crippen molar-refractivity contribution in [2.45, 2.75) is 6.92 Å². The highest BCUT2D eigenvalue weighted by atomic mass is 32.2. The molecular weight excluding hydrogens is 414 g/mol. The summed E-state index contributed by atoms with van der Waals surface area (Å²) in [7, 11) is 0. The van der Waals surface area contributed by atoms with Crippen LogP contribution in [0.25, 0.3) is 6.08 Å². The molecule has 2 fully saturated rings. The highest BCUT2D eigenvalue weighted by Gasteiger charge is 2.23. The molecule has 7 nitrogen and oxygen atoms in total. The fourth-order valence-electron chi connectivity index (χ4n) is 3.08. The average molecular weight is 438 g/mol. The van der Waals surface area contributed by atoms with Crippen LogP contribution in [0.5, 0.6) is 5.75 Å². The number of nitrogens with zero attached hydrogens (tertiary/aromatic N) is 2. The summed E-state index contributed by atoms with van der Waals surface area (Å²) in [4.78, 5) is 31.2. The molecule has 0 aliphatic carbocycles. The molecule has 2 aromatic rings. The molecule has 2 aromatic carbocycles. The fourth-order valence-corrected chi connectivity index (χ4v) is 3.92. The second-order valence-corrected chi connectivity index (χ2v) is 8.20. The highest BCUT2D eigenvalue weighted by molar-refractivity contribution is 8.18. The number of amidine groups is 1. The maximum atomic E-state index is 12.3. The predicted octanol–water partition coefficient (Wildman–Crippen LogP) is 3.12. The van der Waals surface area contributed by atoms with Crippen LogP contribution in [0.2, 0.25) is 0 Å². The number of ether oxygens (including phenoxy) is 2. The highest BCUT2D eigenvalue weighted by Crippen LogP contribution is 2.28. The largest absolute Gasteiger partial charge is 0.484 e. The van der Waals surface area contributed by atoms with E-state index in [4.69, 9.17) is 9.47 Å². The Morgan fingerprint density at radius 2 is 1.87 bits per heavy atom. The van der Waals surface area contributed by atoms with Gasteiger partial charge in [0.05, 0.1) is 23.8 Å². The molecular formula is C23H23N3O4S. The Morgan fingerprint density at radius 1 is 1.16 bits per heavy atom. The molecule has 0 saturated carbocycles. The third-order valence-corrected chi connectivity index (χ3v) is 5.73. The quantitative estimate of drug-likeness (QED) is 0.727. The van der Waals surface area contributed by atoms with Gasteiger partial charge in [-0.1, -0.05) is 29.8 Å². The molecule has 1 N–H and O–H groups in total. The van der Waals surface area contributed by atoms with Gasteiger partial charge in [-0.3, -0.25) is 9.59 Å². The van der Waals surface area contributed by atoms with E-state index in [0.717, 1.165) is 16.8 Å². The zero-order chi connectivity index (χ0) is 21.6. The van der Waals surface area contributed by atoms with Gasteiger partial charge in [0.25, 0.3) is 11.8 Å². The third-order valence-electron chi connectivity index (χ3n) is 4.82. The number of morpholine rings is 1. The zero-order valence-electron chi connectivity index (χ0n) is 17.2. The summed E-state index contributed by atoms with van der Waals surface area (Å²) in [6.45, 7) is 4.35. The first-order valence-electron chi connectivity index (χ1n) is 10.0. The van der Waals surface area contributed by atoms with Crippen molar-refractivity contribution in [3.05, 3.63) is 64.6 Å². The van der Waals surface area contributed by atoms with Gasteiger partial charge in [-0.2, -0.15) is 0 Å². The average Bonchev–Trinajstić information content (AvgIpc) is 3.13. The molecule has 4 rings (SSSR count). The van der Waals surface area contributed by atoms with Gasteiger partial charge >= 0.3 is 0 Å². The molecule has 2 heterocycles. The Labute approximate surface area is 185 Å². The summed E-state index contributed by atoms with van der Waals surface area (Å²) in [6.07, 6.45) is 1.81. The maximum absolute atomic E-state index is 12.3. The van der Waals surface area contributed by atoms with Crippen molar-refractivity contribution in [2.75, 3.05) is 32.9 Å². The molecule has 0 spiro atoms. The number of hydrogen-bond acceptors (Lipinski definition) is 6. The van der Waals surface area contributed by atoms with Crippen LogP contribution in [0.1, 0.15) is 11.1 Å². The van der Waals surface area contributed by atoms with Crippen LogP contribution in [0.4, 0.5) is 5.69 Å². The molecule has 0 atom stereocenters. The molecule has 31 heavy (non-hydrogen) atoms. The van der Waals surface area contributed by atoms with E-state index in [1.54, 1.807) is 23.1 Å². The topological polar surface area (TPSA) is 80.2 Å². The number of benzene rings is 2.